The van der Waals surface area contributed by atoms with Crippen LogP contribution in [0.1, 0.15) is 19.8 Å². The molecule has 3 N–H and O–H groups in total. The molecule has 2 rings (SSSR count). The molecule has 0 saturated carbocycles. The van der Waals surface area contributed by atoms with Gasteiger partial charge in [-0.3, -0.25) is 0 Å². The second-order valence-corrected chi connectivity index (χ2v) is 4.84. The predicted octanol–water partition coefficient (Wildman–Crippen LogP) is 1.53. The van der Waals surface area contributed by atoms with Crippen LogP contribution in [-0.4, -0.2) is 26.8 Å². The second kappa shape index (κ2) is 4.85. The SMILES string of the molecule is CC(N)(CO)CCCn1cnc2ccccc21. The zero-order valence-electron chi connectivity index (χ0n) is 10.1. The van der Waals surface area contributed by atoms with Crippen LogP contribution >= 0.6 is 0 Å². The molecule has 4 nitrogen and oxygen atoms in total. The van der Waals surface area contributed by atoms with Crippen molar-refractivity contribution in [2.24, 2.45) is 5.73 Å². The highest BCUT2D eigenvalue weighted by molar-refractivity contribution is 5.74. The Balaban J connectivity index is 2.00. The number of aliphatic hydroxyl groups excluding tert-OH is 1. The summed E-state index contributed by atoms with van der Waals surface area (Å²) in [6, 6.07) is 8.08. The van der Waals surface area contributed by atoms with Gasteiger partial charge in [-0.15, -0.1) is 0 Å². The number of aromatic nitrogens is 2. The van der Waals surface area contributed by atoms with Gasteiger partial charge in [0.05, 0.1) is 24.0 Å². The molecule has 1 atom stereocenters. The van der Waals surface area contributed by atoms with Gasteiger partial charge in [0.15, 0.2) is 0 Å². The molecule has 1 heterocycles. The van der Waals surface area contributed by atoms with Gasteiger partial charge in [0.25, 0.3) is 0 Å². The molecule has 17 heavy (non-hydrogen) atoms. The van der Waals surface area contributed by atoms with Gasteiger partial charge in [-0.05, 0) is 31.9 Å². The summed E-state index contributed by atoms with van der Waals surface area (Å²) in [7, 11) is 0. The average Bonchev–Trinajstić information content (AvgIpc) is 2.73. The summed E-state index contributed by atoms with van der Waals surface area (Å²) in [5.74, 6) is 0. The van der Waals surface area contributed by atoms with Crippen LogP contribution in [0.2, 0.25) is 0 Å². The number of hydrogen-bond donors (Lipinski definition) is 2. The highest BCUT2D eigenvalue weighted by Crippen LogP contribution is 2.14. The van der Waals surface area contributed by atoms with E-state index in [1.54, 1.807) is 0 Å². The lowest BCUT2D eigenvalue weighted by Gasteiger charge is -2.21. The molecule has 1 aromatic heterocycles. The smallest absolute Gasteiger partial charge is 0.0958 e. The van der Waals surface area contributed by atoms with E-state index in [1.807, 2.05) is 31.5 Å². The maximum atomic E-state index is 9.08. The molecule has 0 saturated heterocycles. The Hall–Kier alpha value is -1.39. The van der Waals surface area contributed by atoms with E-state index in [0.29, 0.717) is 0 Å². The van der Waals surface area contributed by atoms with Gasteiger partial charge in [0, 0.05) is 12.1 Å². The fraction of sp³-hybridized carbons (Fsp3) is 0.462. The number of fused-ring (bicyclic) bond motifs is 1. The number of aliphatic hydroxyl groups is 1. The van der Waals surface area contributed by atoms with Crippen LogP contribution in [0, 0.1) is 0 Å². The maximum absolute atomic E-state index is 9.08. The van der Waals surface area contributed by atoms with Crippen LogP contribution in [0.4, 0.5) is 0 Å². The predicted molar refractivity (Wildman–Crippen MR) is 68.6 cm³/mol. The van der Waals surface area contributed by atoms with Gasteiger partial charge in [-0.25, -0.2) is 4.98 Å². The number of benzene rings is 1. The number of hydrogen-bond acceptors (Lipinski definition) is 3. The minimum atomic E-state index is -0.476. The Morgan fingerprint density at radius 3 is 2.94 bits per heavy atom. The number of imidazole rings is 1. The van der Waals surface area contributed by atoms with E-state index in [9.17, 15) is 0 Å². The lowest BCUT2D eigenvalue weighted by atomic mass is 9.98. The summed E-state index contributed by atoms with van der Waals surface area (Å²) in [4.78, 5) is 4.34. The van der Waals surface area contributed by atoms with Crippen LogP contribution < -0.4 is 5.73 Å². The van der Waals surface area contributed by atoms with Crippen molar-refractivity contribution in [3.05, 3.63) is 30.6 Å². The van der Waals surface area contributed by atoms with Crippen molar-refractivity contribution in [2.45, 2.75) is 31.8 Å². The Kier molecular flexibility index (Phi) is 3.45. The van der Waals surface area contributed by atoms with Gasteiger partial charge in [-0.1, -0.05) is 12.1 Å². The van der Waals surface area contributed by atoms with Crippen LogP contribution in [0.15, 0.2) is 30.6 Å². The molecule has 1 unspecified atom stereocenters. The van der Waals surface area contributed by atoms with E-state index in [-0.39, 0.29) is 6.61 Å². The Labute approximate surface area is 101 Å². The molecule has 0 aliphatic heterocycles. The lowest BCUT2D eigenvalue weighted by molar-refractivity contribution is 0.196. The van der Waals surface area contributed by atoms with Crippen LogP contribution in [0.3, 0.4) is 0 Å². The van der Waals surface area contributed by atoms with Gasteiger partial charge in [0.1, 0.15) is 0 Å². The summed E-state index contributed by atoms with van der Waals surface area (Å²) in [5, 5.41) is 9.08. The van der Waals surface area contributed by atoms with E-state index >= 15 is 0 Å². The first-order valence-electron chi connectivity index (χ1n) is 5.92. The first kappa shape index (κ1) is 12.1. The third-order valence-electron chi connectivity index (χ3n) is 3.04. The monoisotopic (exact) mass is 233 g/mol. The third-order valence-corrected chi connectivity index (χ3v) is 3.04. The lowest BCUT2D eigenvalue weighted by Crippen LogP contribution is -2.40. The fourth-order valence-corrected chi connectivity index (χ4v) is 1.92. The topological polar surface area (TPSA) is 64.1 Å². The zero-order valence-corrected chi connectivity index (χ0v) is 10.1. The molecule has 0 spiro atoms. The fourth-order valence-electron chi connectivity index (χ4n) is 1.92. The number of aryl methyl sites for hydroxylation is 1. The molecule has 0 bridgehead atoms. The summed E-state index contributed by atoms with van der Waals surface area (Å²) in [6.07, 6.45) is 3.60. The van der Waals surface area contributed by atoms with E-state index in [4.69, 9.17) is 10.8 Å². The molecule has 4 heteroatoms. The number of para-hydroxylation sites is 2. The highest BCUT2D eigenvalue weighted by atomic mass is 16.3. The standard InChI is InChI=1S/C13H19N3O/c1-13(14,9-17)7-4-8-16-10-15-11-5-2-3-6-12(11)16/h2-3,5-6,10,17H,4,7-9,14H2,1H3. The molecular formula is C13H19N3O. The molecule has 0 fully saturated rings. The maximum Gasteiger partial charge on any atom is 0.0958 e. The number of nitrogens with zero attached hydrogens (tertiary/aromatic N) is 2. The van der Waals surface area contributed by atoms with Crippen molar-refractivity contribution in [1.82, 2.24) is 9.55 Å². The van der Waals surface area contributed by atoms with Crippen LogP contribution in [-0.2, 0) is 6.54 Å². The molecule has 0 amide bonds. The minimum Gasteiger partial charge on any atom is -0.394 e. The first-order chi connectivity index (χ1) is 8.12. The average molecular weight is 233 g/mol. The van der Waals surface area contributed by atoms with Crippen LogP contribution in [0.25, 0.3) is 11.0 Å². The van der Waals surface area contributed by atoms with Crippen molar-refractivity contribution in [3.63, 3.8) is 0 Å². The summed E-state index contributed by atoms with van der Waals surface area (Å²) in [6.45, 7) is 2.78. The largest absolute Gasteiger partial charge is 0.394 e. The zero-order chi connectivity index (χ0) is 12.3. The van der Waals surface area contributed by atoms with Crippen molar-refractivity contribution >= 4 is 11.0 Å². The number of rotatable bonds is 5. The van der Waals surface area contributed by atoms with Gasteiger partial charge in [0.2, 0.25) is 0 Å². The van der Waals surface area contributed by atoms with Crippen molar-refractivity contribution in [3.8, 4) is 0 Å². The number of nitrogens with two attached hydrogens (primary N) is 1. The quantitative estimate of drug-likeness (QED) is 0.823. The van der Waals surface area contributed by atoms with E-state index < -0.39 is 5.54 Å². The molecule has 2 aromatic rings. The first-order valence-corrected chi connectivity index (χ1v) is 5.92. The third kappa shape index (κ3) is 2.84. The Morgan fingerprint density at radius 1 is 1.41 bits per heavy atom. The summed E-state index contributed by atoms with van der Waals surface area (Å²) >= 11 is 0. The van der Waals surface area contributed by atoms with E-state index in [0.717, 1.165) is 30.4 Å². The molecule has 0 aliphatic carbocycles. The second-order valence-electron chi connectivity index (χ2n) is 4.84. The molecule has 92 valence electrons. The summed E-state index contributed by atoms with van der Waals surface area (Å²) < 4.78 is 2.13. The van der Waals surface area contributed by atoms with Gasteiger partial charge in [-0.2, -0.15) is 0 Å². The molecule has 0 aliphatic rings. The van der Waals surface area contributed by atoms with E-state index in [1.165, 1.54) is 0 Å². The minimum absolute atomic E-state index is 0.0255. The highest BCUT2D eigenvalue weighted by Gasteiger charge is 2.16. The Morgan fingerprint density at radius 2 is 2.18 bits per heavy atom. The van der Waals surface area contributed by atoms with Gasteiger partial charge >= 0.3 is 0 Å². The molecule has 1 aromatic carbocycles. The Bertz CT molecular complexity index is 490. The van der Waals surface area contributed by atoms with Gasteiger partial charge < -0.3 is 15.4 Å². The molecule has 0 radical (unpaired) electrons. The normalized spacial score (nSPS) is 15.0. The van der Waals surface area contributed by atoms with Crippen molar-refractivity contribution in [1.29, 1.82) is 0 Å². The van der Waals surface area contributed by atoms with Crippen LogP contribution in [0.5, 0.6) is 0 Å². The van der Waals surface area contributed by atoms with Crippen molar-refractivity contribution in [2.75, 3.05) is 6.61 Å². The van der Waals surface area contributed by atoms with E-state index in [2.05, 4.69) is 15.6 Å². The molecular weight excluding hydrogens is 214 g/mol. The van der Waals surface area contributed by atoms with Crippen molar-refractivity contribution < 1.29 is 5.11 Å². The summed E-state index contributed by atoms with van der Waals surface area (Å²) in [5.41, 5.74) is 7.58.